The standard InChI is InChI=1S/C25H27ClN4O2/c1-15(2)30-14-22(26)21-12-17(5-7-23(21)30)25-27-24(28-32-25)20-6-4-18-13-29(10-11-31)9-8-19(18)16(20)3/h4-7,12,14-15,31H,8-11,13H2,1-3H3. The van der Waals surface area contributed by atoms with Gasteiger partial charge in [0.15, 0.2) is 0 Å². The van der Waals surface area contributed by atoms with Crippen LogP contribution in [0, 0.1) is 6.92 Å². The number of hydrogen-bond acceptors (Lipinski definition) is 5. The first-order valence-corrected chi connectivity index (χ1v) is 11.4. The van der Waals surface area contributed by atoms with Crippen LogP contribution in [0.3, 0.4) is 0 Å². The van der Waals surface area contributed by atoms with Gasteiger partial charge in [0.1, 0.15) is 0 Å². The summed E-state index contributed by atoms with van der Waals surface area (Å²) in [5, 5.41) is 15.2. The molecule has 1 aliphatic heterocycles. The number of aliphatic hydroxyl groups excluding tert-OH is 1. The Hall–Kier alpha value is -2.67. The SMILES string of the molecule is Cc1c(-c2noc(-c3ccc4c(c3)c(Cl)cn4C(C)C)n2)ccc2c1CCN(CCO)C2. The Morgan fingerprint density at radius 3 is 2.84 bits per heavy atom. The van der Waals surface area contributed by atoms with Crippen LogP contribution < -0.4 is 0 Å². The lowest BCUT2D eigenvalue weighted by atomic mass is 9.91. The van der Waals surface area contributed by atoms with Gasteiger partial charge in [-0.25, -0.2) is 0 Å². The van der Waals surface area contributed by atoms with Crippen LogP contribution in [0.2, 0.25) is 5.02 Å². The number of aliphatic hydroxyl groups is 1. The normalized spacial score (nSPS) is 14.4. The number of β-amino-alcohol motifs (C(OH)–C–C–N with tert-alkyl or cyclic N) is 1. The van der Waals surface area contributed by atoms with Gasteiger partial charge in [-0.1, -0.05) is 28.9 Å². The molecule has 0 unspecified atom stereocenters. The monoisotopic (exact) mass is 450 g/mol. The summed E-state index contributed by atoms with van der Waals surface area (Å²) < 4.78 is 7.81. The van der Waals surface area contributed by atoms with E-state index in [1.807, 2.05) is 18.3 Å². The fourth-order valence-corrected chi connectivity index (χ4v) is 4.95. The summed E-state index contributed by atoms with van der Waals surface area (Å²) in [5.74, 6) is 1.09. The highest BCUT2D eigenvalue weighted by molar-refractivity contribution is 6.35. The maximum Gasteiger partial charge on any atom is 0.258 e. The number of fused-ring (bicyclic) bond motifs is 2. The summed E-state index contributed by atoms with van der Waals surface area (Å²) in [6, 6.07) is 10.6. The van der Waals surface area contributed by atoms with Gasteiger partial charge in [0.05, 0.1) is 11.6 Å². The van der Waals surface area contributed by atoms with E-state index in [2.05, 4.69) is 53.6 Å². The minimum absolute atomic E-state index is 0.192. The first kappa shape index (κ1) is 21.2. The highest BCUT2D eigenvalue weighted by Gasteiger charge is 2.21. The van der Waals surface area contributed by atoms with Gasteiger partial charge < -0.3 is 14.2 Å². The van der Waals surface area contributed by atoms with E-state index in [-0.39, 0.29) is 6.61 Å². The molecule has 0 radical (unpaired) electrons. The Balaban J connectivity index is 1.47. The predicted molar refractivity (Wildman–Crippen MR) is 127 cm³/mol. The first-order valence-electron chi connectivity index (χ1n) is 11.1. The molecule has 0 atom stereocenters. The molecule has 4 aromatic rings. The van der Waals surface area contributed by atoms with E-state index in [9.17, 15) is 5.11 Å². The zero-order chi connectivity index (χ0) is 22.4. The van der Waals surface area contributed by atoms with Gasteiger partial charge in [0, 0.05) is 53.9 Å². The molecule has 1 N–H and O–H groups in total. The van der Waals surface area contributed by atoms with E-state index in [0.717, 1.165) is 46.6 Å². The molecule has 0 amide bonds. The lowest BCUT2D eigenvalue weighted by Gasteiger charge is -2.29. The molecule has 0 fully saturated rings. The molecule has 3 heterocycles. The van der Waals surface area contributed by atoms with Gasteiger partial charge in [0.25, 0.3) is 5.89 Å². The van der Waals surface area contributed by atoms with Crippen molar-refractivity contribution in [1.29, 1.82) is 0 Å². The maximum absolute atomic E-state index is 9.23. The number of aromatic nitrogens is 3. The third kappa shape index (κ3) is 3.62. The average Bonchev–Trinajstić information content (AvgIpc) is 3.39. The van der Waals surface area contributed by atoms with Crippen LogP contribution in [0.4, 0.5) is 0 Å². The molecule has 1 aliphatic rings. The number of hydrogen-bond donors (Lipinski definition) is 1. The summed E-state index contributed by atoms with van der Waals surface area (Å²) in [5.41, 5.74) is 6.81. The summed E-state index contributed by atoms with van der Waals surface area (Å²) in [6.07, 6.45) is 2.93. The van der Waals surface area contributed by atoms with Crippen LogP contribution >= 0.6 is 11.6 Å². The van der Waals surface area contributed by atoms with Crippen molar-refractivity contribution >= 4 is 22.5 Å². The van der Waals surface area contributed by atoms with Gasteiger partial charge in [-0.2, -0.15) is 4.98 Å². The van der Waals surface area contributed by atoms with Crippen molar-refractivity contribution in [2.24, 2.45) is 0 Å². The third-order valence-corrected chi connectivity index (χ3v) is 6.74. The molecule has 7 heteroatoms. The molecule has 2 aromatic heterocycles. The minimum Gasteiger partial charge on any atom is -0.395 e. The summed E-state index contributed by atoms with van der Waals surface area (Å²) in [7, 11) is 0. The number of benzene rings is 2. The Bertz CT molecular complexity index is 1290. The van der Waals surface area contributed by atoms with Gasteiger partial charge in [-0.15, -0.1) is 0 Å². The molecule has 0 aliphatic carbocycles. The zero-order valence-corrected chi connectivity index (χ0v) is 19.4. The lowest BCUT2D eigenvalue weighted by Crippen LogP contribution is -2.33. The third-order valence-electron chi connectivity index (χ3n) is 6.44. The van der Waals surface area contributed by atoms with Crippen molar-refractivity contribution in [3.63, 3.8) is 0 Å². The van der Waals surface area contributed by atoms with Gasteiger partial charge in [-0.05, 0) is 62.1 Å². The zero-order valence-electron chi connectivity index (χ0n) is 18.6. The number of halogens is 1. The lowest BCUT2D eigenvalue weighted by molar-refractivity contribution is 0.184. The van der Waals surface area contributed by atoms with Crippen LogP contribution in [0.1, 0.15) is 36.6 Å². The highest BCUT2D eigenvalue weighted by atomic mass is 35.5. The second-order valence-corrected chi connectivity index (χ2v) is 9.17. The van der Waals surface area contributed by atoms with Crippen molar-refractivity contribution in [3.05, 3.63) is 58.2 Å². The quantitative estimate of drug-likeness (QED) is 0.449. The first-order chi connectivity index (χ1) is 15.5. The van der Waals surface area contributed by atoms with E-state index in [4.69, 9.17) is 21.1 Å². The molecule has 2 aromatic carbocycles. The van der Waals surface area contributed by atoms with E-state index in [1.165, 1.54) is 16.7 Å². The molecule has 0 saturated heterocycles. The molecular formula is C25H27ClN4O2. The molecular weight excluding hydrogens is 424 g/mol. The smallest absolute Gasteiger partial charge is 0.258 e. The fraction of sp³-hybridized carbons (Fsp3) is 0.360. The maximum atomic E-state index is 9.23. The van der Waals surface area contributed by atoms with Crippen LogP contribution in [0.5, 0.6) is 0 Å². The topological polar surface area (TPSA) is 67.3 Å². The highest BCUT2D eigenvalue weighted by Crippen LogP contribution is 2.34. The fourth-order valence-electron chi connectivity index (χ4n) is 4.70. The summed E-state index contributed by atoms with van der Waals surface area (Å²) in [4.78, 5) is 6.99. The summed E-state index contributed by atoms with van der Waals surface area (Å²) >= 11 is 6.50. The Labute approximate surface area is 192 Å². The van der Waals surface area contributed by atoms with Crippen molar-refractivity contribution < 1.29 is 9.63 Å². The molecule has 0 spiro atoms. The van der Waals surface area contributed by atoms with Crippen molar-refractivity contribution in [2.45, 2.75) is 39.8 Å². The Morgan fingerprint density at radius 2 is 2.06 bits per heavy atom. The van der Waals surface area contributed by atoms with Gasteiger partial charge in [-0.3, -0.25) is 4.90 Å². The molecule has 6 nitrogen and oxygen atoms in total. The minimum atomic E-state index is 0.192. The van der Waals surface area contributed by atoms with Crippen molar-refractivity contribution in [3.8, 4) is 22.8 Å². The molecule has 0 bridgehead atoms. The van der Waals surface area contributed by atoms with Crippen LogP contribution in [-0.4, -0.2) is 44.4 Å². The number of nitrogens with zero attached hydrogens (tertiary/aromatic N) is 4. The largest absolute Gasteiger partial charge is 0.395 e. The second-order valence-electron chi connectivity index (χ2n) is 8.76. The van der Waals surface area contributed by atoms with E-state index in [1.54, 1.807) is 0 Å². The van der Waals surface area contributed by atoms with Crippen LogP contribution in [0.15, 0.2) is 41.1 Å². The summed E-state index contributed by atoms with van der Waals surface area (Å²) in [6.45, 7) is 9.13. The van der Waals surface area contributed by atoms with Crippen LogP contribution in [0.25, 0.3) is 33.7 Å². The molecule has 32 heavy (non-hydrogen) atoms. The second kappa shape index (κ2) is 8.35. The van der Waals surface area contributed by atoms with E-state index in [0.29, 0.717) is 24.3 Å². The molecule has 5 rings (SSSR count). The average molecular weight is 451 g/mol. The van der Waals surface area contributed by atoms with E-state index >= 15 is 0 Å². The Kier molecular flexibility index (Phi) is 5.53. The number of rotatable bonds is 5. The van der Waals surface area contributed by atoms with E-state index < -0.39 is 0 Å². The van der Waals surface area contributed by atoms with Crippen molar-refractivity contribution in [1.82, 2.24) is 19.6 Å². The van der Waals surface area contributed by atoms with Gasteiger partial charge in [0.2, 0.25) is 5.82 Å². The molecule has 0 saturated carbocycles. The predicted octanol–water partition coefficient (Wildman–Crippen LogP) is 5.25. The molecule has 166 valence electrons. The van der Waals surface area contributed by atoms with Crippen LogP contribution in [-0.2, 0) is 13.0 Å². The van der Waals surface area contributed by atoms with Crippen molar-refractivity contribution in [2.75, 3.05) is 19.7 Å². The van der Waals surface area contributed by atoms with Gasteiger partial charge >= 0.3 is 0 Å². The Morgan fingerprint density at radius 1 is 1.22 bits per heavy atom.